The van der Waals surface area contributed by atoms with Crippen molar-refractivity contribution in [3.05, 3.63) is 35.9 Å². The molecule has 0 atom stereocenters. The van der Waals surface area contributed by atoms with Gasteiger partial charge in [0.05, 0.1) is 13.1 Å². The molecule has 112 valence electrons. The van der Waals surface area contributed by atoms with Crippen LogP contribution in [0.15, 0.2) is 30.3 Å². The average molecular weight is 289 g/mol. The van der Waals surface area contributed by atoms with Gasteiger partial charge in [-0.3, -0.25) is 0 Å². The maximum absolute atomic E-state index is 10.5. The van der Waals surface area contributed by atoms with Gasteiger partial charge in [-0.15, -0.1) is 0 Å². The summed E-state index contributed by atoms with van der Waals surface area (Å²) in [4.78, 5) is 10.5. The molecule has 1 heterocycles. The lowest BCUT2D eigenvalue weighted by molar-refractivity contribution is -0.918. The Morgan fingerprint density at radius 2 is 1.60 bits per heavy atom. The topological polar surface area (TPSA) is 44.6 Å². The highest BCUT2D eigenvalue weighted by Crippen LogP contribution is 2.11. The molecule has 1 aromatic carbocycles. The third-order valence-electron chi connectivity index (χ3n) is 3.09. The Hall–Kier alpha value is -1.56. The van der Waals surface area contributed by atoms with Gasteiger partial charge in [-0.25, -0.2) is 0 Å². The number of hydrogen-bond donors (Lipinski definition) is 1. The maximum atomic E-state index is 10.5. The highest BCUT2D eigenvalue weighted by atomic mass is 19.4. The molecule has 0 aromatic heterocycles. The number of carboxylic acids is 1. The zero-order valence-corrected chi connectivity index (χ0v) is 11.1. The monoisotopic (exact) mass is 289 g/mol. The SMILES string of the molecule is O=C([O-])C(F)(F)F.c1ccc(C[NH+]2CCCCC2)cc1. The standard InChI is InChI=1S/C12H17N.C2HF3O2/c1-3-7-12(8-4-1)11-13-9-5-2-6-10-13;3-2(4,5)1(6)7/h1,3-4,7-8H,2,5-6,9-11H2;(H,6,7). The minimum Gasteiger partial charge on any atom is -0.542 e. The van der Waals surface area contributed by atoms with Gasteiger partial charge in [0.15, 0.2) is 0 Å². The number of carbonyl (C=O) groups is 1. The lowest BCUT2D eigenvalue weighted by Crippen LogP contribution is -3.11. The van der Waals surface area contributed by atoms with Crippen LogP contribution in [-0.4, -0.2) is 25.2 Å². The molecule has 1 fully saturated rings. The van der Waals surface area contributed by atoms with E-state index < -0.39 is 12.1 Å². The summed E-state index contributed by atoms with van der Waals surface area (Å²) >= 11 is 0. The van der Waals surface area contributed by atoms with E-state index in [9.17, 15) is 13.2 Å². The van der Waals surface area contributed by atoms with Crippen molar-refractivity contribution in [2.75, 3.05) is 13.1 Å². The highest BCUT2D eigenvalue weighted by Gasteiger charge is 2.28. The Balaban J connectivity index is 0.000000246. The summed E-state index contributed by atoms with van der Waals surface area (Å²) in [5.74, 6) is -3.01. The molecule has 6 heteroatoms. The highest BCUT2D eigenvalue weighted by molar-refractivity contribution is 5.70. The third kappa shape index (κ3) is 6.56. The van der Waals surface area contributed by atoms with Gasteiger partial charge in [-0.1, -0.05) is 30.3 Å². The summed E-state index contributed by atoms with van der Waals surface area (Å²) in [6, 6.07) is 10.8. The number of benzene rings is 1. The van der Waals surface area contributed by atoms with E-state index in [1.807, 2.05) is 0 Å². The van der Waals surface area contributed by atoms with E-state index in [2.05, 4.69) is 30.3 Å². The van der Waals surface area contributed by atoms with Crippen molar-refractivity contribution in [3.63, 3.8) is 0 Å². The first kappa shape index (κ1) is 16.5. The Morgan fingerprint density at radius 1 is 1.10 bits per heavy atom. The van der Waals surface area contributed by atoms with Crippen LogP contribution in [0.25, 0.3) is 0 Å². The molecule has 1 aliphatic rings. The zero-order chi connectivity index (χ0) is 15.0. The van der Waals surface area contributed by atoms with Crippen molar-refractivity contribution in [1.82, 2.24) is 0 Å². The molecule has 2 rings (SSSR count). The van der Waals surface area contributed by atoms with E-state index in [1.54, 1.807) is 4.90 Å². The lowest BCUT2D eigenvalue weighted by Gasteiger charge is -2.23. The number of aliphatic carboxylic acids is 1. The van der Waals surface area contributed by atoms with E-state index in [-0.39, 0.29) is 0 Å². The van der Waals surface area contributed by atoms with Gasteiger partial charge in [0.2, 0.25) is 0 Å². The molecule has 1 saturated heterocycles. The number of rotatable bonds is 2. The fourth-order valence-corrected chi connectivity index (χ4v) is 2.11. The van der Waals surface area contributed by atoms with Gasteiger partial charge in [0.1, 0.15) is 12.5 Å². The molecule has 0 unspecified atom stereocenters. The smallest absolute Gasteiger partial charge is 0.430 e. The summed E-state index contributed by atoms with van der Waals surface area (Å²) < 4.78 is 31.5. The summed E-state index contributed by atoms with van der Waals surface area (Å²) in [6.07, 6.45) is -0.914. The molecule has 0 amide bonds. The second-order valence-corrected chi connectivity index (χ2v) is 4.76. The Kier molecular flexibility index (Phi) is 6.51. The van der Waals surface area contributed by atoms with Crippen LogP contribution >= 0.6 is 0 Å². The third-order valence-corrected chi connectivity index (χ3v) is 3.09. The molecule has 0 aliphatic carbocycles. The number of quaternary nitrogens is 1. The van der Waals surface area contributed by atoms with Crippen LogP contribution in [0.5, 0.6) is 0 Å². The van der Waals surface area contributed by atoms with Crippen LogP contribution in [0.2, 0.25) is 0 Å². The first-order valence-electron chi connectivity index (χ1n) is 6.55. The van der Waals surface area contributed by atoms with Gasteiger partial charge in [-0.05, 0) is 19.3 Å². The summed E-state index contributed by atoms with van der Waals surface area (Å²) in [5.41, 5.74) is 1.49. The van der Waals surface area contributed by atoms with Gasteiger partial charge >= 0.3 is 6.18 Å². The van der Waals surface area contributed by atoms with Crippen LogP contribution < -0.4 is 10.0 Å². The van der Waals surface area contributed by atoms with Crippen LogP contribution in [0.1, 0.15) is 24.8 Å². The predicted molar refractivity (Wildman–Crippen MR) is 65.8 cm³/mol. The van der Waals surface area contributed by atoms with E-state index in [4.69, 9.17) is 9.90 Å². The quantitative estimate of drug-likeness (QED) is 0.864. The van der Waals surface area contributed by atoms with Gasteiger partial charge < -0.3 is 14.8 Å². The van der Waals surface area contributed by atoms with E-state index in [1.165, 1.54) is 44.5 Å². The van der Waals surface area contributed by atoms with E-state index in [0.29, 0.717) is 0 Å². The number of carbonyl (C=O) groups excluding carboxylic acids is 1. The number of carboxylic acid groups (broad SMARTS) is 1. The number of hydrogen-bond acceptors (Lipinski definition) is 2. The van der Waals surface area contributed by atoms with Crippen LogP contribution in [-0.2, 0) is 11.3 Å². The number of piperidine rings is 1. The van der Waals surface area contributed by atoms with Crippen molar-refractivity contribution >= 4 is 5.97 Å². The van der Waals surface area contributed by atoms with Gasteiger partial charge in [-0.2, -0.15) is 13.2 Å². The van der Waals surface area contributed by atoms with Gasteiger partial charge in [0, 0.05) is 5.56 Å². The van der Waals surface area contributed by atoms with Crippen LogP contribution in [0.4, 0.5) is 13.2 Å². The minimum atomic E-state index is -5.19. The second kappa shape index (κ2) is 7.89. The maximum Gasteiger partial charge on any atom is 0.430 e. The Morgan fingerprint density at radius 3 is 2.05 bits per heavy atom. The predicted octanol–water partition coefficient (Wildman–Crippen LogP) is 0.554. The average Bonchev–Trinajstić information content (AvgIpc) is 2.40. The molecule has 1 aliphatic heterocycles. The molecular weight excluding hydrogens is 271 g/mol. The summed E-state index contributed by atoms with van der Waals surface area (Å²) in [7, 11) is 0. The summed E-state index contributed by atoms with van der Waals surface area (Å²) in [5, 5.41) is 8.78. The number of likely N-dealkylation sites (tertiary alicyclic amines) is 1. The molecule has 0 radical (unpaired) electrons. The van der Waals surface area contributed by atoms with Crippen LogP contribution in [0, 0.1) is 0 Å². The summed E-state index contributed by atoms with van der Waals surface area (Å²) in [6.45, 7) is 3.96. The number of halogens is 3. The number of nitrogens with one attached hydrogen (secondary N) is 1. The van der Waals surface area contributed by atoms with Crippen molar-refractivity contribution in [1.29, 1.82) is 0 Å². The molecule has 1 aromatic rings. The Labute approximate surface area is 116 Å². The molecular formula is C14H18F3NO2. The second-order valence-electron chi connectivity index (χ2n) is 4.76. The molecule has 0 spiro atoms. The molecule has 20 heavy (non-hydrogen) atoms. The van der Waals surface area contributed by atoms with Crippen molar-refractivity contribution in [2.45, 2.75) is 32.0 Å². The van der Waals surface area contributed by atoms with Crippen molar-refractivity contribution in [3.8, 4) is 0 Å². The fraction of sp³-hybridized carbons (Fsp3) is 0.500. The van der Waals surface area contributed by atoms with Crippen LogP contribution in [0.3, 0.4) is 0 Å². The molecule has 0 bridgehead atoms. The normalized spacial score (nSPS) is 16.1. The zero-order valence-electron chi connectivity index (χ0n) is 11.1. The molecule has 0 saturated carbocycles. The van der Waals surface area contributed by atoms with E-state index >= 15 is 0 Å². The first-order valence-corrected chi connectivity index (χ1v) is 6.55. The fourth-order valence-electron chi connectivity index (χ4n) is 2.11. The van der Waals surface area contributed by atoms with E-state index in [0.717, 1.165) is 0 Å². The largest absolute Gasteiger partial charge is 0.542 e. The Bertz CT molecular complexity index is 401. The molecule has 1 N–H and O–H groups in total. The first-order chi connectivity index (χ1) is 9.39. The minimum absolute atomic E-state index is 1.22. The van der Waals surface area contributed by atoms with Crippen molar-refractivity contribution < 1.29 is 28.0 Å². The lowest BCUT2D eigenvalue weighted by atomic mass is 10.1. The van der Waals surface area contributed by atoms with Gasteiger partial charge in [0.25, 0.3) is 0 Å². The molecule has 3 nitrogen and oxygen atoms in total. The number of alkyl halides is 3. The van der Waals surface area contributed by atoms with Crippen molar-refractivity contribution in [2.24, 2.45) is 0 Å².